The van der Waals surface area contributed by atoms with Crippen molar-refractivity contribution in [3.05, 3.63) is 532 Å². The van der Waals surface area contributed by atoms with Crippen molar-refractivity contribution in [2.24, 2.45) is 0 Å². The Balaban J connectivity index is 0.000000114. The summed E-state index contributed by atoms with van der Waals surface area (Å²) in [4.78, 5) is 9.08. The van der Waals surface area contributed by atoms with Crippen molar-refractivity contribution >= 4 is 67.0 Å². The molecule has 0 bridgehead atoms. The number of fused-ring (bicyclic) bond motifs is 8. The lowest BCUT2D eigenvalue weighted by molar-refractivity contribution is 0.660. The zero-order chi connectivity index (χ0) is 92.6. The molecule has 0 saturated heterocycles. The van der Waals surface area contributed by atoms with Crippen LogP contribution in [0.5, 0.6) is 0 Å². The van der Waals surface area contributed by atoms with Crippen LogP contribution in [-0.4, -0.2) is 28.2 Å². The van der Waals surface area contributed by atoms with Crippen LogP contribution in [0, 0.1) is 0 Å². The Bertz CT molecular complexity index is 7580. The van der Waals surface area contributed by atoms with Crippen molar-refractivity contribution in [3.63, 3.8) is 0 Å². The Morgan fingerprint density at radius 2 is 0.338 bits per heavy atom. The fourth-order valence-electron chi connectivity index (χ4n) is 19.7. The van der Waals surface area contributed by atoms with Crippen LogP contribution >= 0.6 is 0 Å². The topological polar surface area (TPSA) is 13.0 Å². The molecule has 0 spiro atoms. The highest BCUT2D eigenvalue weighted by atomic mass is 15.1. The second kappa shape index (κ2) is 38.6. The van der Waals surface area contributed by atoms with E-state index in [1.165, 1.54) is 200 Å². The number of nitrogens with zero attached hydrogens (tertiary/aromatic N) is 4. The predicted octanol–water partition coefficient (Wildman–Crippen LogP) is 35.7. The standard InChI is InChI=1S/C40H33N.C37H29N.C34H29N.C21H17N/c1-40(2)38-12-8-7-11-36(38)37-26-25-35(27-39(37)40)41(3)34-23-21-33(22-24-34)32-19-17-31(18-20-32)30-15-13-29(14-16-30)28-9-5-4-6-10-28;1-38(36-21-17-31(18-22-36)28-11-5-2-6-12-28)37-23-19-32(20-24-37)35-26-33(29-13-7-3-8-14-29)25-34(27-35)30-15-9-4-10-16-30;1-34(2)32-12-8-7-11-30(32)31-22-21-29(23-33(31)34)35(3)28-19-17-27(18-20-28)26-15-13-25(14-16-26)24-9-5-4-6-10-24;1-22(20-14-6-10-16-8-2-4-12-18(16)20)21-15-7-11-17-9-3-5-13-19(17)21/h4-27H,1-3H3;2-27H,1H3;4-23H,1-3H3;2-15H,1H3. The summed E-state index contributed by atoms with van der Waals surface area (Å²) in [5.74, 6) is 0. The summed E-state index contributed by atoms with van der Waals surface area (Å²) in [7, 11) is 8.57. The van der Waals surface area contributed by atoms with E-state index in [0.717, 1.165) is 11.4 Å². The Kier molecular flexibility index (Phi) is 24.8. The van der Waals surface area contributed by atoms with Crippen LogP contribution in [0.15, 0.2) is 510 Å². The molecule has 2 aliphatic rings. The molecular weight excluding hydrogens is 1640 g/mol. The van der Waals surface area contributed by atoms with Gasteiger partial charge in [0.25, 0.3) is 0 Å². The minimum Gasteiger partial charge on any atom is -0.345 e. The highest BCUT2D eigenvalue weighted by Gasteiger charge is 2.37. The molecule has 21 aromatic rings. The van der Waals surface area contributed by atoms with Gasteiger partial charge in [-0.3, -0.25) is 0 Å². The monoisotopic (exact) mass is 1750 g/mol. The molecule has 0 radical (unpaired) electrons. The molecule has 656 valence electrons. The van der Waals surface area contributed by atoms with Gasteiger partial charge in [0.15, 0.2) is 0 Å². The molecule has 0 saturated carbocycles. The van der Waals surface area contributed by atoms with Gasteiger partial charge in [0.2, 0.25) is 0 Å². The summed E-state index contributed by atoms with van der Waals surface area (Å²) < 4.78 is 0. The highest BCUT2D eigenvalue weighted by molar-refractivity contribution is 6.02. The Morgan fingerprint density at radius 1 is 0.140 bits per heavy atom. The van der Waals surface area contributed by atoms with E-state index < -0.39 is 0 Å². The van der Waals surface area contributed by atoms with E-state index >= 15 is 0 Å². The van der Waals surface area contributed by atoms with Crippen molar-refractivity contribution in [1.29, 1.82) is 0 Å². The van der Waals surface area contributed by atoms with Crippen LogP contribution in [0.2, 0.25) is 0 Å². The predicted molar refractivity (Wildman–Crippen MR) is 583 cm³/mol. The molecule has 0 amide bonds. The van der Waals surface area contributed by atoms with E-state index in [1.54, 1.807) is 0 Å². The summed E-state index contributed by atoms with van der Waals surface area (Å²) in [6.07, 6.45) is 0. The molecule has 0 N–H and O–H groups in total. The largest absolute Gasteiger partial charge is 0.345 e. The molecule has 21 aromatic carbocycles. The van der Waals surface area contributed by atoms with Gasteiger partial charge in [0.05, 0.1) is 0 Å². The maximum absolute atomic E-state index is 2.37. The van der Waals surface area contributed by atoms with Gasteiger partial charge in [0, 0.05) is 95.3 Å². The Labute approximate surface area is 802 Å². The zero-order valence-electron chi connectivity index (χ0n) is 78.3. The third-order valence-corrected chi connectivity index (χ3v) is 27.6. The minimum atomic E-state index is 0.00271. The number of hydrogen-bond donors (Lipinski definition) is 0. The number of anilines is 8. The fourth-order valence-corrected chi connectivity index (χ4v) is 19.7. The van der Waals surface area contributed by atoms with Crippen LogP contribution in [0.1, 0.15) is 49.9 Å². The molecule has 0 aromatic heterocycles. The molecule has 136 heavy (non-hydrogen) atoms. The Morgan fingerprint density at radius 3 is 0.625 bits per heavy atom. The maximum Gasteiger partial charge on any atom is 0.0487 e. The first kappa shape index (κ1) is 87.3. The average molecular weight is 1750 g/mol. The van der Waals surface area contributed by atoms with Gasteiger partial charge in [-0.05, 0) is 259 Å². The summed E-state index contributed by atoms with van der Waals surface area (Å²) >= 11 is 0. The molecular formula is C132H108N4. The lowest BCUT2D eigenvalue weighted by Crippen LogP contribution is -2.16. The third-order valence-electron chi connectivity index (χ3n) is 27.6. The summed E-state index contributed by atoms with van der Waals surface area (Å²) in [6, 6.07) is 183. The van der Waals surface area contributed by atoms with Crippen molar-refractivity contribution in [1.82, 2.24) is 0 Å². The quantitative estimate of drug-likeness (QED) is 0.0901. The van der Waals surface area contributed by atoms with E-state index in [4.69, 9.17) is 0 Å². The molecule has 0 atom stereocenters. The lowest BCUT2D eigenvalue weighted by atomic mass is 9.82. The van der Waals surface area contributed by atoms with Gasteiger partial charge < -0.3 is 19.6 Å². The molecule has 4 heteroatoms. The van der Waals surface area contributed by atoms with Gasteiger partial charge in [-0.1, -0.05) is 434 Å². The summed E-state index contributed by atoms with van der Waals surface area (Å²) in [6.45, 7) is 9.33. The highest BCUT2D eigenvalue weighted by Crippen LogP contribution is 2.52. The third kappa shape index (κ3) is 18.2. The lowest BCUT2D eigenvalue weighted by Gasteiger charge is -2.25. The maximum atomic E-state index is 2.37. The van der Waals surface area contributed by atoms with E-state index in [9.17, 15) is 0 Å². The zero-order valence-corrected chi connectivity index (χ0v) is 78.3. The van der Waals surface area contributed by atoms with E-state index in [0.29, 0.717) is 0 Å². The molecule has 0 aliphatic heterocycles. The number of rotatable bonds is 17. The smallest absolute Gasteiger partial charge is 0.0487 e. The second-order valence-electron chi connectivity index (χ2n) is 36.6. The van der Waals surface area contributed by atoms with E-state index in [1.807, 2.05) is 0 Å². The Hall–Kier alpha value is -16.7. The first-order chi connectivity index (χ1) is 66.6. The van der Waals surface area contributed by atoms with Gasteiger partial charge in [0.1, 0.15) is 0 Å². The number of benzene rings is 21. The second-order valence-corrected chi connectivity index (χ2v) is 36.6. The van der Waals surface area contributed by atoms with Crippen molar-refractivity contribution < 1.29 is 0 Å². The van der Waals surface area contributed by atoms with E-state index in [-0.39, 0.29) is 10.8 Å². The average Bonchev–Trinajstić information content (AvgIpc) is 1.58. The van der Waals surface area contributed by atoms with Gasteiger partial charge in [-0.25, -0.2) is 0 Å². The van der Waals surface area contributed by atoms with Gasteiger partial charge in [-0.2, -0.15) is 0 Å². The van der Waals surface area contributed by atoms with Crippen LogP contribution in [-0.2, 0) is 10.8 Å². The van der Waals surface area contributed by atoms with Crippen LogP contribution < -0.4 is 19.6 Å². The minimum absolute atomic E-state index is 0.00271. The van der Waals surface area contributed by atoms with E-state index in [2.05, 4.69) is 585 Å². The SMILES string of the molecule is CN(c1ccc(-c2ccc(-c3ccc(-c4ccccc4)cc3)cc2)cc1)c1ccc2c(c1)C(C)(C)c1ccccc1-2.CN(c1ccc(-c2ccc(-c3ccccc3)cc2)cc1)c1ccc2c(c1)C(C)(C)c1ccccc1-2.CN(c1ccc(-c2ccccc2)cc1)c1ccc(-c2cc(-c3ccccc3)cc(-c3ccccc3)c2)cc1.CN(c1cccc2ccccc12)c1cccc2ccccc12. The molecule has 0 unspecified atom stereocenters. The van der Waals surface area contributed by atoms with Crippen molar-refractivity contribution in [2.45, 2.75) is 38.5 Å². The fraction of sp³-hybridized carbons (Fsp3) is 0.0758. The molecule has 4 nitrogen and oxygen atoms in total. The van der Waals surface area contributed by atoms with Crippen molar-refractivity contribution in [3.8, 4) is 122 Å². The summed E-state index contributed by atoms with van der Waals surface area (Å²) in [5.41, 5.74) is 42.8. The summed E-state index contributed by atoms with van der Waals surface area (Å²) in [5, 5.41) is 5.10. The van der Waals surface area contributed by atoms with Gasteiger partial charge in [-0.15, -0.1) is 0 Å². The first-order valence-electron chi connectivity index (χ1n) is 47.1. The molecule has 23 rings (SSSR count). The molecule has 2 aliphatic carbocycles. The van der Waals surface area contributed by atoms with Crippen LogP contribution in [0.25, 0.3) is 144 Å². The first-order valence-corrected chi connectivity index (χ1v) is 47.1. The molecule has 0 heterocycles. The normalized spacial score (nSPS) is 12.1. The molecule has 0 fully saturated rings. The van der Waals surface area contributed by atoms with Crippen LogP contribution in [0.4, 0.5) is 45.5 Å². The van der Waals surface area contributed by atoms with Crippen molar-refractivity contribution in [2.75, 3.05) is 47.8 Å². The van der Waals surface area contributed by atoms with Crippen LogP contribution in [0.3, 0.4) is 0 Å². The van der Waals surface area contributed by atoms with Gasteiger partial charge >= 0.3 is 0 Å². The number of hydrogen-bond acceptors (Lipinski definition) is 4.